The topological polar surface area (TPSA) is 42.8 Å². The number of amides is 1. The average molecular weight is 348 g/mol. The highest BCUT2D eigenvalue weighted by molar-refractivity contribution is 6.31. The van der Waals surface area contributed by atoms with Gasteiger partial charge in [0.05, 0.1) is 14.2 Å². The van der Waals surface area contributed by atoms with E-state index in [1.165, 1.54) is 5.56 Å². The molecule has 0 aliphatic carbocycles. The van der Waals surface area contributed by atoms with E-state index >= 15 is 0 Å². The van der Waals surface area contributed by atoms with Crippen molar-refractivity contribution in [1.29, 1.82) is 0 Å². The molecule has 2 N–H and O–H groups in total. The van der Waals surface area contributed by atoms with Gasteiger partial charge in [-0.05, 0) is 43.7 Å². The molecule has 1 atom stereocenters. The number of ether oxygens (including phenoxy) is 1. The van der Waals surface area contributed by atoms with E-state index in [-0.39, 0.29) is 5.91 Å². The molecular formula is C19H24ClN2O2+. The maximum absolute atomic E-state index is 12.2. The summed E-state index contributed by atoms with van der Waals surface area (Å²) in [6.45, 7) is 5.06. The van der Waals surface area contributed by atoms with Crippen LogP contribution in [0.1, 0.15) is 16.7 Å². The predicted molar refractivity (Wildman–Crippen MR) is 98.0 cm³/mol. The van der Waals surface area contributed by atoms with Crippen molar-refractivity contribution in [2.45, 2.75) is 20.4 Å². The first-order chi connectivity index (χ1) is 11.4. The molecule has 0 spiro atoms. The van der Waals surface area contributed by atoms with Crippen LogP contribution >= 0.6 is 11.6 Å². The second kappa shape index (κ2) is 8.18. The molecule has 0 aromatic heterocycles. The molecule has 0 aliphatic heterocycles. The predicted octanol–water partition coefficient (Wildman–Crippen LogP) is 2.62. The lowest BCUT2D eigenvalue weighted by atomic mass is 10.1. The van der Waals surface area contributed by atoms with Crippen LogP contribution in [0.15, 0.2) is 36.4 Å². The van der Waals surface area contributed by atoms with E-state index in [0.717, 1.165) is 27.5 Å². The third-order valence-electron chi connectivity index (χ3n) is 3.85. The number of nitrogens with one attached hydrogen (secondary N) is 2. The van der Waals surface area contributed by atoms with Gasteiger partial charge < -0.3 is 15.0 Å². The number of quaternary nitrogens is 1. The fourth-order valence-corrected chi connectivity index (χ4v) is 2.76. The van der Waals surface area contributed by atoms with Gasteiger partial charge in [0.2, 0.25) is 0 Å². The van der Waals surface area contributed by atoms with Crippen LogP contribution in [0.3, 0.4) is 0 Å². The number of hydrogen-bond donors (Lipinski definition) is 2. The van der Waals surface area contributed by atoms with E-state index in [2.05, 4.69) is 11.4 Å². The zero-order chi connectivity index (χ0) is 17.7. The van der Waals surface area contributed by atoms with Gasteiger partial charge in [-0.2, -0.15) is 0 Å². The normalized spacial score (nSPS) is 11.9. The van der Waals surface area contributed by atoms with Gasteiger partial charge in [-0.15, -0.1) is 0 Å². The van der Waals surface area contributed by atoms with E-state index in [0.29, 0.717) is 18.1 Å². The molecular weight excluding hydrogens is 324 g/mol. The van der Waals surface area contributed by atoms with Gasteiger partial charge in [-0.3, -0.25) is 4.79 Å². The molecule has 1 amide bonds. The van der Waals surface area contributed by atoms with Gasteiger partial charge >= 0.3 is 0 Å². The number of rotatable bonds is 6. The van der Waals surface area contributed by atoms with E-state index in [4.69, 9.17) is 16.3 Å². The molecule has 0 aliphatic rings. The summed E-state index contributed by atoms with van der Waals surface area (Å²) < 4.78 is 5.40. The molecule has 4 nitrogen and oxygen atoms in total. The Kier molecular flexibility index (Phi) is 6.23. The molecule has 0 saturated carbocycles. The summed E-state index contributed by atoms with van der Waals surface area (Å²) >= 11 is 6.09. The van der Waals surface area contributed by atoms with Crippen molar-refractivity contribution in [3.8, 4) is 5.75 Å². The van der Waals surface area contributed by atoms with Crippen molar-refractivity contribution in [1.82, 2.24) is 0 Å². The van der Waals surface area contributed by atoms with E-state index in [9.17, 15) is 4.79 Å². The Morgan fingerprint density at radius 3 is 2.62 bits per heavy atom. The highest BCUT2D eigenvalue weighted by Gasteiger charge is 2.14. The van der Waals surface area contributed by atoms with Crippen LogP contribution in [-0.2, 0) is 11.3 Å². The Morgan fingerprint density at radius 1 is 1.21 bits per heavy atom. The number of carbonyl (C=O) groups excluding carboxylic acids is 1. The Balaban J connectivity index is 1.96. The number of aryl methyl sites for hydroxylation is 2. The quantitative estimate of drug-likeness (QED) is 0.843. The van der Waals surface area contributed by atoms with Crippen LogP contribution in [0, 0.1) is 13.8 Å². The molecule has 0 fully saturated rings. The third kappa shape index (κ3) is 4.98. The summed E-state index contributed by atoms with van der Waals surface area (Å²) in [7, 11) is 3.65. The average Bonchev–Trinajstić information content (AvgIpc) is 2.51. The number of methoxy groups -OCH3 is 1. The third-order valence-corrected chi connectivity index (χ3v) is 4.25. The number of hydrogen-bond acceptors (Lipinski definition) is 2. The fourth-order valence-electron chi connectivity index (χ4n) is 2.58. The maximum atomic E-state index is 12.2. The molecule has 128 valence electrons. The van der Waals surface area contributed by atoms with Gasteiger partial charge in [-0.1, -0.05) is 29.3 Å². The minimum absolute atomic E-state index is 0.0426. The molecule has 24 heavy (non-hydrogen) atoms. The molecule has 2 rings (SSSR count). The first-order valence-electron chi connectivity index (χ1n) is 7.90. The molecule has 0 saturated heterocycles. The van der Waals surface area contributed by atoms with Gasteiger partial charge in [0.1, 0.15) is 12.3 Å². The zero-order valence-corrected chi connectivity index (χ0v) is 15.3. The fraction of sp³-hybridized carbons (Fsp3) is 0.316. The van der Waals surface area contributed by atoms with Gasteiger partial charge in [0.15, 0.2) is 6.54 Å². The molecule has 0 radical (unpaired) electrons. The smallest absolute Gasteiger partial charge is 0.279 e. The largest absolute Gasteiger partial charge is 0.496 e. The zero-order valence-electron chi connectivity index (χ0n) is 14.6. The summed E-state index contributed by atoms with van der Waals surface area (Å²) in [5.41, 5.74) is 3.99. The van der Waals surface area contributed by atoms with Crippen LogP contribution in [-0.4, -0.2) is 26.6 Å². The van der Waals surface area contributed by atoms with Gasteiger partial charge in [-0.25, -0.2) is 0 Å². The second-order valence-corrected chi connectivity index (χ2v) is 6.55. The number of anilines is 1. The van der Waals surface area contributed by atoms with E-state index < -0.39 is 0 Å². The summed E-state index contributed by atoms with van der Waals surface area (Å²) in [4.78, 5) is 13.3. The molecule has 2 aromatic rings. The highest BCUT2D eigenvalue weighted by Crippen LogP contribution is 2.20. The van der Waals surface area contributed by atoms with Crippen LogP contribution in [0.2, 0.25) is 5.02 Å². The lowest BCUT2D eigenvalue weighted by Gasteiger charge is -2.16. The van der Waals surface area contributed by atoms with Crippen molar-refractivity contribution in [2.24, 2.45) is 0 Å². The monoisotopic (exact) mass is 347 g/mol. The van der Waals surface area contributed by atoms with Gasteiger partial charge in [0.25, 0.3) is 5.91 Å². The Hall–Kier alpha value is -2.04. The lowest BCUT2D eigenvalue weighted by Crippen LogP contribution is -3.08. The van der Waals surface area contributed by atoms with Crippen molar-refractivity contribution in [3.05, 3.63) is 58.1 Å². The SMILES string of the molecule is COc1ccc(C)cc1C[NH+](C)CC(=O)Nc1ccc(C)c(Cl)c1. The minimum Gasteiger partial charge on any atom is -0.496 e. The summed E-state index contributed by atoms with van der Waals surface area (Å²) in [6, 6.07) is 11.6. The van der Waals surface area contributed by atoms with E-state index in [1.54, 1.807) is 13.2 Å². The molecule has 2 aromatic carbocycles. The van der Waals surface area contributed by atoms with Crippen molar-refractivity contribution in [2.75, 3.05) is 26.0 Å². The van der Waals surface area contributed by atoms with Gasteiger partial charge in [0, 0.05) is 16.3 Å². The first-order valence-corrected chi connectivity index (χ1v) is 8.27. The Bertz CT molecular complexity index is 731. The Labute approximate surface area is 148 Å². The van der Waals surface area contributed by atoms with Crippen molar-refractivity contribution < 1.29 is 14.4 Å². The second-order valence-electron chi connectivity index (χ2n) is 6.14. The number of carbonyl (C=O) groups is 1. The number of benzene rings is 2. The maximum Gasteiger partial charge on any atom is 0.279 e. The first kappa shape index (κ1) is 18.3. The van der Waals surface area contributed by atoms with Crippen LogP contribution < -0.4 is 15.0 Å². The number of likely N-dealkylation sites (N-methyl/N-ethyl adjacent to an activating group) is 1. The summed E-state index contributed by atoms with van der Waals surface area (Å²) in [5, 5.41) is 3.54. The number of halogens is 1. The molecule has 5 heteroatoms. The molecule has 0 heterocycles. The summed E-state index contributed by atoms with van der Waals surface area (Å²) in [5.74, 6) is 0.810. The highest BCUT2D eigenvalue weighted by atomic mass is 35.5. The van der Waals surface area contributed by atoms with Crippen LogP contribution in [0.4, 0.5) is 5.69 Å². The van der Waals surface area contributed by atoms with Crippen molar-refractivity contribution >= 4 is 23.2 Å². The Morgan fingerprint density at radius 2 is 1.96 bits per heavy atom. The van der Waals surface area contributed by atoms with Crippen LogP contribution in [0.25, 0.3) is 0 Å². The lowest BCUT2D eigenvalue weighted by molar-refractivity contribution is -0.885. The van der Waals surface area contributed by atoms with Crippen LogP contribution in [0.5, 0.6) is 5.75 Å². The standard InChI is InChI=1S/C19H23ClN2O2/c1-13-5-8-18(24-4)15(9-13)11-22(3)12-19(23)21-16-7-6-14(2)17(20)10-16/h5-10H,11-12H2,1-4H3,(H,21,23)/p+1. The molecule has 1 unspecified atom stereocenters. The molecule has 0 bridgehead atoms. The summed E-state index contributed by atoms with van der Waals surface area (Å²) in [6.07, 6.45) is 0. The van der Waals surface area contributed by atoms with Crippen molar-refractivity contribution in [3.63, 3.8) is 0 Å². The minimum atomic E-state index is -0.0426. The van der Waals surface area contributed by atoms with E-state index in [1.807, 2.05) is 45.2 Å².